The molecule has 2 nitrogen and oxygen atoms in total. The first kappa shape index (κ1) is 14.4. The maximum Gasteiger partial charge on any atom is 0.201 e. The maximum atomic E-state index is 12.0. The number of hydrogen-bond donors (Lipinski definition) is 0. The number of halogens is 3. The highest BCUT2D eigenvalue weighted by Gasteiger charge is 2.12. The molecular formula is C14H9BrCl2O2. The second-order valence-electron chi connectivity index (χ2n) is 3.79. The first-order valence-corrected chi connectivity index (χ1v) is 6.98. The molecule has 0 spiro atoms. The molecule has 0 atom stereocenters. The van der Waals surface area contributed by atoms with Crippen LogP contribution in [0.5, 0.6) is 5.75 Å². The number of ketones is 1. The number of carbonyl (C=O) groups excluding carboxylic acids is 1. The van der Waals surface area contributed by atoms with Gasteiger partial charge in [0, 0.05) is 15.1 Å². The molecule has 98 valence electrons. The Balaban J connectivity index is 2.07. The van der Waals surface area contributed by atoms with E-state index in [2.05, 4.69) is 15.9 Å². The van der Waals surface area contributed by atoms with Crippen LogP contribution in [0, 0.1) is 0 Å². The summed E-state index contributed by atoms with van der Waals surface area (Å²) in [6.07, 6.45) is 0. The van der Waals surface area contributed by atoms with Crippen molar-refractivity contribution in [3.8, 4) is 5.75 Å². The topological polar surface area (TPSA) is 26.3 Å². The maximum absolute atomic E-state index is 12.0. The number of rotatable bonds is 4. The summed E-state index contributed by atoms with van der Waals surface area (Å²) in [6.45, 7) is -0.0868. The molecule has 0 radical (unpaired) electrons. The Morgan fingerprint density at radius 1 is 1.16 bits per heavy atom. The normalized spacial score (nSPS) is 10.3. The van der Waals surface area contributed by atoms with Gasteiger partial charge in [0.15, 0.2) is 6.61 Å². The van der Waals surface area contributed by atoms with Gasteiger partial charge >= 0.3 is 0 Å². The average molecular weight is 360 g/mol. The van der Waals surface area contributed by atoms with E-state index in [1.807, 2.05) is 12.1 Å². The van der Waals surface area contributed by atoms with Gasteiger partial charge in [-0.15, -0.1) is 0 Å². The van der Waals surface area contributed by atoms with E-state index in [0.717, 1.165) is 4.47 Å². The Hall–Kier alpha value is -1.03. The highest BCUT2D eigenvalue weighted by atomic mass is 79.9. The lowest BCUT2D eigenvalue weighted by Gasteiger charge is -2.07. The van der Waals surface area contributed by atoms with Crippen LogP contribution in [0.2, 0.25) is 10.0 Å². The predicted octanol–water partition coefficient (Wildman–Crippen LogP) is 5.02. The number of Topliss-reactive ketones (excluding diaryl/α,β-unsaturated/α-hetero) is 1. The quantitative estimate of drug-likeness (QED) is 0.716. The molecule has 19 heavy (non-hydrogen) atoms. The Kier molecular flexibility index (Phi) is 4.86. The van der Waals surface area contributed by atoms with Crippen molar-refractivity contribution < 1.29 is 9.53 Å². The van der Waals surface area contributed by atoms with E-state index in [-0.39, 0.29) is 12.4 Å². The molecule has 0 saturated heterocycles. The van der Waals surface area contributed by atoms with Crippen molar-refractivity contribution in [2.75, 3.05) is 6.61 Å². The molecule has 0 aliphatic heterocycles. The van der Waals surface area contributed by atoms with Gasteiger partial charge in [0.2, 0.25) is 5.78 Å². The molecule has 0 aliphatic carbocycles. The number of ether oxygens (including phenoxy) is 1. The van der Waals surface area contributed by atoms with Gasteiger partial charge in [-0.25, -0.2) is 0 Å². The van der Waals surface area contributed by atoms with Gasteiger partial charge < -0.3 is 4.74 Å². The molecule has 0 unspecified atom stereocenters. The summed E-state index contributed by atoms with van der Waals surface area (Å²) in [5.41, 5.74) is 0.365. The average Bonchev–Trinajstić information content (AvgIpc) is 2.39. The van der Waals surface area contributed by atoms with E-state index >= 15 is 0 Å². The van der Waals surface area contributed by atoms with Gasteiger partial charge in [-0.1, -0.05) is 45.2 Å². The van der Waals surface area contributed by atoms with Crippen LogP contribution in [0.3, 0.4) is 0 Å². The van der Waals surface area contributed by atoms with Crippen molar-refractivity contribution in [3.05, 3.63) is 62.5 Å². The Labute approximate surface area is 129 Å². The molecule has 0 aliphatic rings. The Morgan fingerprint density at radius 2 is 1.95 bits per heavy atom. The molecule has 0 amide bonds. The lowest BCUT2D eigenvalue weighted by molar-refractivity contribution is 0.0921. The van der Waals surface area contributed by atoms with Gasteiger partial charge in [0.25, 0.3) is 0 Å². The lowest BCUT2D eigenvalue weighted by atomic mass is 10.1. The SMILES string of the molecule is O=C(COc1cccc(Br)c1)c1cc(Cl)ccc1Cl. The molecule has 0 N–H and O–H groups in total. The van der Waals surface area contributed by atoms with Crippen LogP contribution in [0.15, 0.2) is 46.9 Å². The van der Waals surface area contributed by atoms with Crippen LogP contribution in [-0.2, 0) is 0 Å². The minimum absolute atomic E-state index is 0.0868. The van der Waals surface area contributed by atoms with Crippen molar-refractivity contribution in [2.45, 2.75) is 0 Å². The predicted molar refractivity (Wildman–Crippen MR) is 80.4 cm³/mol. The minimum atomic E-state index is -0.215. The molecule has 5 heteroatoms. The molecule has 0 heterocycles. The summed E-state index contributed by atoms with van der Waals surface area (Å²) >= 11 is 15.1. The van der Waals surface area contributed by atoms with Crippen LogP contribution in [0.4, 0.5) is 0 Å². The van der Waals surface area contributed by atoms with Gasteiger partial charge in [0.1, 0.15) is 5.75 Å². The highest BCUT2D eigenvalue weighted by Crippen LogP contribution is 2.22. The summed E-state index contributed by atoms with van der Waals surface area (Å²) in [7, 11) is 0. The highest BCUT2D eigenvalue weighted by molar-refractivity contribution is 9.10. The van der Waals surface area contributed by atoms with E-state index in [9.17, 15) is 4.79 Å². The van der Waals surface area contributed by atoms with Crippen LogP contribution >= 0.6 is 39.1 Å². The molecule has 2 aromatic carbocycles. The first-order chi connectivity index (χ1) is 9.06. The van der Waals surface area contributed by atoms with Crippen LogP contribution in [0.25, 0.3) is 0 Å². The number of hydrogen-bond acceptors (Lipinski definition) is 2. The van der Waals surface area contributed by atoms with Crippen LogP contribution in [0.1, 0.15) is 10.4 Å². The van der Waals surface area contributed by atoms with Gasteiger partial charge in [0.05, 0.1) is 5.02 Å². The largest absolute Gasteiger partial charge is 0.485 e. The second kappa shape index (κ2) is 6.42. The van der Waals surface area contributed by atoms with Crippen molar-refractivity contribution >= 4 is 44.9 Å². The fraction of sp³-hybridized carbons (Fsp3) is 0.0714. The molecule has 0 bridgehead atoms. The van der Waals surface area contributed by atoms with E-state index in [4.69, 9.17) is 27.9 Å². The zero-order valence-corrected chi connectivity index (χ0v) is 12.8. The third-order valence-electron chi connectivity index (χ3n) is 2.39. The smallest absolute Gasteiger partial charge is 0.201 e. The zero-order valence-electron chi connectivity index (χ0n) is 9.70. The van der Waals surface area contributed by atoms with E-state index < -0.39 is 0 Å². The van der Waals surface area contributed by atoms with Gasteiger partial charge in [-0.2, -0.15) is 0 Å². The number of carbonyl (C=O) groups is 1. The van der Waals surface area contributed by atoms with Crippen LogP contribution < -0.4 is 4.74 Å². The van der Waals surface area contributed by atoms with E-state index in [0.29, 0.717) is 21.4 Å². The molecule has 0 saturated carbocycles. The van der Waals surface area contributed by atoms with E-state index in [1.54, 1.807) is 24.3 Å². The Morgan fingerprint density at radius 3 is 2.68 bits per heavy atom. The summed E-state index contributed by atoms with van der Waals surface area (Å²) in [4.78, 5) is 12.0. The number of benzene rings is 2. The summed E-state index contributed by atoms with van der Waals surface area (Å²) in [5, 5.41) is 0.836. The molecule has 0 aromatic heterocycles. The lowest BCUT2D eigenvalue weighted by Crippen LogP contribution is -2.12. The van der Waals surface area contributed by atoms with Crippen molar-refractivity contribution in [1.82, 2.24) is 0 Å². The van der Waals surface area contributed by atoms with E-state index in [1.165, 1.54) is 6.07 Å². The molecule has 0 fully saturated rings. The summed E-state index contributed by atoms with van der Waals surface area (Å²) < 4.78 is 6.30. The minimum Gasteiger partial charge on any atom is -0.485 e. The third kappa shape index (κ3) is 3.96. The molecule has 2 rings (SSSR count). The Bertz CT molecular complexity index is 614. The van der Waals surface area contributed by atoms with Gasteiger partial charge in [-0.05, 0) is 36.4 Å². The zero-order chi connectivity index (χ0) is 13.8. The fourth-order valence-electron chi connectivity index (χ4n) is 1.49. The fourth-order valence-corrected chi connectivity index (χ4v) is 2.27. The summed E-state index contributed by atoms with van der Waals surface area (Å²) in [6, 6.07) is 12.0. The molecular weight excluding hydrogens is 351 g/mol. The third-order valence-corrected chi connectivity index (χ3v) is 3.45. The van der Waals surface area contributed by atoms with Crippen molar-refractivity contribution in [1.29, 1.82) is 0 Å². The van der Waals surface area contributed by atoms with Crippen molar-refractivity contribution in [3.63, 3.8) is 0 Å². The van der Waals surface area contributed by atoms with Gasteiger partial charge in [-0.3, -0.25) is 4.79 Å². The van der Waals surface area contributed by atoms with Crippen molar-refractivity contribution in [2.24, 2.45) is 0 Å². The molecule has 2 aromatic rings. The monoisotopic (exact) mass is 358 g/mol. The second-order valence-corrected chi connectivity index (χ2v) is 5.55. The first-order valence-electron chi connectivity index (χ1n) is 5.43. The summed E-state index contributed by atoms with van der Waals surface area (Å²) in [5.74, 6) is 0.397. The van der Waals surface area contributed by atoms with Crippen LogP contribution in [-0.4, -0.2) is 12.4 Å². The standard InChI is InChI=1S/C14H9BrCl2O2/c15-9-2-1-3-11(6-9)19-8-14(18)12-7-10(16)4-5-13(12)17/h1-7H,8H2.